The molecule has 1 amide bonds. The van der Waals surface area contributed by atoms with Crippen molar-refractivity contribution in [2.24, 2.45) is 0 Å². The molecular weight excluding hydrogens is 408 g/mol. The summed E-state index contributed by atoms with van der Waals surface area (Å²) in [5.74, 6) is 0.908. The van der Waals surface area contributed by atoms with E-state index in [2.05, 4.69) is 15.0 Å². The molecule has 0 atom stereocenters. The van der Waals surface area contributed by atoms with Crippen molar-refractivity contribution in [3.63, 3.8) is 0 Å². The first-order valence-electron chi connectivity index (χ1n) is 8.35. The van der Waals surface area contributed by atoms with Crippen LogP contribution < -0.4 is 25.2 Å². The molecule has 1 aromatic carbocycles. The Morgan fingerprint density at radius 2 is 1.89 bits per heavy atom. The van der Waals surface area contributed by atoms with Gasteiger partial charge in [-0.05, 0) is 24.3 Å². The highest BCUT2D eigenvalue weighted by molar-refractivity contribution is 7.89. The molecule has 0 radical (unpaired) electrons. The number of rotatable bonds is 6. The summed E-state index contributed by atoms with van der Waals surface area (Å²) >= 11 is 0. The first-order valence-corrected chi connectivity index (χ1v) is 9.83. The minimum Gasteiger partial charge on any atom is -0.490 e. The van der Waals surface area contributed by atoms with Crippen LogP contribution in [0.5, 0.6) is 11.5 Å². The molecule has 1 aromatic heterocycles. The van der Waals surface area contributed by atoms with E-state index in [-0.39, 0.29) is 36.2 Å². The van der Waals surface area contributed by atoms with Gasteiger partial charge in [-0.3, -0.25) is 4.79 Å². The first-order chi connectivity index (χ1) is 12.9. The van der Waals surface area contributed by atoms with E-state index in [4.69, 9.17) is 15.2 Å². The number of nitrogen functional groups attached to an aromatic ring is 1. The molecule has 28 heavy (non-hydrogen) atoms. The van der Waals surface area contributed by atoms with Gasteiger partial charge in [0.05, 0.1) is 30.0 Å². The molecule has 0 aliphatic carbocycles. The lowest BCUT2D eigenvalue weighted by Gasteiger charge is -2.11. The zero-order valence-corrected chi connectivity index (χ0v) is 16.5. The van der Waals surface area contributed by atoms with Crippen LogP contribution in [-0.2, 0) is 14.8 Å². The van der Waals surface area contributed by atoms with Crippen molar-refractivity contribution in [2.45, 2.75) is 17.7 Å². The maximum atomic E-state index is 12.4. The molecule has 0 saturated carbocycles. The molecule has 0 fully saturated rings. The second kappa shape index (κ2) is 9.58. The van der Waals surface area contributed by atoms with Crippen molar-refractivity contribution >= 4 is 39.8 Å². The van der Waals surface area contributed by atoms with Crippen molar-refractivity contribution in [1.29, 1.82) is 0 Å². The van der Waals surface area contributed by atoms with Crippen LogP contribution in [0.15, 0.2) is 41.4 Å². The second-order valence-corrected chi connectivity index (χ2v) is 7.59. The predicted molar refractivity (Wildman–Crippen MR) is 106 cm³/mol. The number of carbonyl (C=O) groups excluding carboxylic acids is 1. The van der Waals surface area contributed by atoms with Crippen LogP contribution in [0.2, 0.25) is 0 Å². The molecule has 3 rings (SSSR count). The highest BCUT2D eigenvalue weighted by Gasteiger charge is 2.19. The number of fused-ring (bicyclic) bond motifs is 1. The van der Waals surface area contributed by atoms with Gasteiger partial charge in [-0.25, -0.2) is 18.1 Å². The molecule has 0 bridgehead atoms. The summed E-state index contributed by atoms with van der Waals surface area (Å²) in [5.41, 5.74) is 5.96. The van der Waals surface area contributed by atoms with E-state index in [1.165, 1.54) is 18.3 Å². The Bertz CT molecular complexity index is 922. The topological polar surface area (TPSA) is 133 Å². The number of anilines is 2. The molecule has 0 spiro atoms. The standard InChI is InChI=1S/C17H20N4O5S.ClH/c18-16-5-2-12(11-19-16)21-17(22)6-7-20-27(23,24)13-3-4-14-15(10-13)26-9-1-8-25-14;/h2-5,10-11,20H,1,6-9H2,(H2,18,19)(H,21,22);1H. The van der Waals surface area contributed by atoms with E-state index in [1.807, 2.05) is 0 Å². The number of sulfonamides is 1. The Balaban J connectivity index is 0.00000280. The summed E-state index contributed by atoms with van der Waals surface area (Å²) < 4.78 is 38.2. The van der Waals surface area contributed by atoms with Crippen LogP contribution >= 0.6 is 12.4 Å². The van der Waals surface area contributed by atoms with Gasteiger partial charge in [0.25, 0.3) is 0 Å². The number of halogens is 1. The average molecular weight is 429 g/mol. The van der Waals surface area contributed by atoms with E-state index in [0.717, 1.165) is 6.42 Å². The number of ether oxygens (including phenoxy) is 2. The number of hydrogen-bond acceptors (Lipinski definition) is 7. The van der Waals surface area contributed by atoms with Gasteiger partial charge in [-0.2, -0.15) is 0 Å². The zero-order chi connectivity index (χ0) is 19.3. The van der Waals surface area contributed by atoms with Gasteiger partial charge in [-0.1, -0.05) is 0 Å². The van der Waals surface area contributed by atoms with Crippen molar-refractivity contribution in [2.75, 3.05) is 30.8 Å². The van der Waals surface area contributed by atoms with E-state index in [9.17, 15) is 13.2 Å². The third kappa shape index (κ3) is 5.72. The van der Waals surface area contributed by atoms with Gasteiger partial charge >= 0.3 is 0 Å². The number of pyridine rings is 1. The molecule has 0 saturated heterocycles. The fourth-order valence-corrected chi connectivity index (χ4v) is 3.44. The summed E-state index contributed by atoms with van der Waals surface area (Å²) in [4.78, 5) is 15.8. The number of hydrogen-bond donors (Lipinski definition) is 3. The third-order valence-electron chi connectivity index (χ3n) is 3.74. The van der Waals surface area contributed by atoms with Gasteiger partial charge in [0, 0.05) is 25.5 Å². The van der Waals surface area contributed by atoms with E-state index < -0.39 is 10.0 Å². The number of nitrogens with one attached hydrogen (secondary N) is 2. The number of benzene rings is 1. The smallest absolute Gasteiger partial charge is 0.240 e. The predicted octanol–water partition coefficient (Wildman–Crippen LogP) is 1.55. The quantitative estimate of drug-likeness (QED) is 0.635. The molecule has 1 aliphatic rings. The summed E-state index contributed by atoms with van der Waals surface area (Å²) in [6.07, 6.45) is 2.12. The lowest BCUT2D eigenvalue weighted by atomic mass is 10.3. The highest BCUT2D eigenvalue weighted by atomic mass is 35.5. The number of carbonyl (C=O) groups is 1. The summed E-state index contributed by atoms with van der Waals surface area (Å²) in [5, 5.41) is 2.61. The minimum absolute atomic E-state index is 0. The van der Waals surface area contributed by atoms with Gasteiger partial charge in [0.2, 0.25) is 15.9 Å². The summed E-state index contributed by atoms with van der Waals surface area (Å²) in [6.45, 7) is 0.936. The molecule has 1 aliphatic heterocycles. The average Bonchev–Trinajstić information content (AvgIpc) is 2.88. The molecule has 0 unspecified atom stereocenters. The SMILES string of the molecule is Cl.Nc1ccc(NC(=O)CCNS(=O)(=O)c2ccc3c(c2)OCCCO3)cn1. The van der Waals surface area contributed by atoms with Crippen LogP contribution in [0.1, 0.15) is 12.8 Å². The van der Waals surface area contributed by atoms with Gasteiger partial charge in [0.15, 0.2) is 11.5 Å². The fraction of sp³-hybridized carbons (Fsp3) is 0.294. The Labute approximate surface area is 169 Å². The normalized spacial score (nSPS) is 13.1. The van der Waals surface area contributed by atoms with Crippen LogP contribution in [0.3, 0.4) is 0 Å². The van der Waals surface area contributed by atoms with E-state index in [1.54, 1.807) is 18.2 Å². The Morgan fingerprint density at radius 1 is 1.14 bits per heavy atom. The Hall–Kier alpha value is -2.56. The highest BCUT2D eigenvalue weighted by Crippen LogP contribution is 2.31. The monoisotopic (exact) mass is 428 g/mol. The van der Waals surface area contributed by atoms with Crippen LogP contribution in [0.4, 0.5) is 11.5 Å². The van der Waals surface area contributed by atoms with Crippen molar-refractivity contribution < 1.29 is 22.7 Å². The molecule has 2 aromatic rings. The largest absolute Gasteiger partial charge is 0.490 e. The van der Waals surface area contributed by atoms with E-state index in [0.29, 0.717) is 36.2 Å². The lowest BCUT2D eigenvalue weighted by Crippen LogP contribution is -2.28. The van der Waals surface area contributed by atoms with Crippen molar-refractivity contribution in [3.8, 4) is 11.5 Å². The molecule has 152 valence electrons. The molecule has 9 nitrogen and oxygen atoms in total. The molecule has 4 N–H and O–H groups in total. The second-order valence-electron chi connectivity index (χ2n) is 5.83. The summed E-state index contributed by atoms with van der Waals surface area (Å²) in [7, 11) is -3.77. The first kappa shape index (κ1) is 21.7. The van der Waals surface area contributed by atoms with Crippen molar-refractivity contribution in [3.05, 3.63) is 36.5 Å². The van der Waals surface area contributed by atoms with Crippen LogP contribution in [0, 0.1) is 0 Å². The number of nitrogens with two attached hydrogens (primary N) is 1. The number of nitrogens with zero attached hydrogens (tertiary/aromatic N) is 1. The van der Waals surface area contributed by atoms with E-state index >= 15 is 0 Å². The lowest BCUT2D eigenvalue weighted by molar-refractivity contribution is -0.116. The molecule has 2 heterocycles. The maximum Gasteiger partial charge on any atom is 0.240 e. The Morgan fingerprint density at radius 3 is 2.61 bits per heavy atom. The summed E-state index contributed by atoms with van der Waals surface area (Å²) in [6, 6.07) is 7.60. The third-order valence-corrected chi connectivity index (χ3v) is 5.20. The maximum absolute atomic E-state index is 12.4. The van der Waals surface area contributed by atoms with Gasteiger partial charge in [-0.15, -0.1) is 12.4 Å². The van der Waals surface area contributed by atoms with Gasteiger partial charge in [0.1, 0.15) is 5.82 Å². The number of amides is 1. The minimum atomic E-state index is -3.77. The molecular formula is C17H21ClN4O5S. The fourth-order valence-electron chi connectivity index (χ4n) is 2.40. The van der Waals surface area contributed by atoms with Crippen LogP contribution in [-0.4, -0.2) is 39.1 Å². The zero-order valence-electron chi connectivity index (χ0n) is 14.9. The number of aromatic nitrogens is 1. The molecule has 11 heteroatoms. The van der Waals surface area contributed by atoms with Crippen LogP contribution in [0.25, 0.3) is 0 Å². The Kier molecular flexibility index (Phi) is 7.44. The van der Waals surface area contributed by atoms with Crippen molar-refractivity contribution in [1.82, 2.24) is 9.71 Å². The van der Waals surface area contributed by atoms with Gasteiger partial charge < -0.3 is 20.5 Å².